The van der Waals surface area contributed by atoms with E-state index < -0.39 is 5.82 Å². The minimum absolute atomic E-state index is 0.0807. The average Bonchev–Trinajstić information content (AvgIpc) is 3.23. The van der Waals surface area contributed by atoms with Gasteiger partial charge in [-0.3, -0.25) is 9.69 Å². The van der Waals surface area contributed by atoms with E-state index in [2.05, 4.69) is 31.6 Å². The SMILES string of the molecule is C[C@@H]1CCCN1CCCOc1ccc(C(=O)CN2CCN(c3ncccn3)CC2)cc1F. The van der Waals surface area contributed by atoms with Crippen LogP contribution in [0.4, 0.5) is 10.3 Å². The second kappa shape index (κ2) is 10.8. The van der Waals surface area contributed by atoms with Crippen LogP contribution in [0.5, 0.6) is 5.75 Å². The number of rotatable bonds is 9. The van der Waals surface area contributed by atoms with Crippen molar-refractivity contribution in [1.29, 1.82) is 0 Å². The van der Waals surface area contributed by atoms with Gasteiger partial charge in [0.1, 0.15) is 0 Å². The fourth-order valence-corrected chi connectivity index (χ4v) is 4.42. The monoisotopic (exact) mass is 441 g/mol. The summed E-state index contributed by atoms with van der Waals surface area (Å²) < 4.78 is 20.1. The zero-order valence-electron chi connectivity index (χ0n) is 18.8. The van der Waals surface area contributed by atoms with E-state index in [9.17, 15) is 9.18 Å². The smallest absolute Gasteiger partial charge is 0.225 e. The second-order valence-electron chi connectivity index (χ2n) is 8.61. The van der Waals surface area contributed by atoms with E-state index in [0.717, 1.165) is 45.7 Å². The molecule has 2 fully saturated rings. The lowest BCUT2D eigenvalue weighted by molar-refractivity contribution is 0.0925. The predicted molar refractivity (Wildman–Crippen MR) is 122 cm³/mol. The molecular weight excluding hydrogens is 409 g/mol. The molecule has 1 aromatic carbocycles. The van der Waals surface area contributed by atoms with E-state index in [1.807, 2.05) is 0 Å². The van der Waals surface area contributed by atoms with Crippen molar-refractivity contribution in [2.75, 3.05) is 57.3 Å². The van der Waals surface area contributed by atoms with E-state index in [1.54, 1.807) is 30.6 Å². The Morgan fingerprint density at radius 3 is 2.62 bits per heavy atom. The Hall–Kier alpha value is -2.58. The summed E-state index contributed by atoms with van der Waals surface area (Å²) in [7, 11) is 0. The number of ketones is 1. The van der Waals surface area contributed by atoms with E-state index in [-0.39, 0.29) is 18.1 Å². The maximum absolute atomic E-state index is 14.5. The number of nitrogens with zero attached hydrogens (tertiary/aromatic N) is 5. The molecule has 2 aromatic rings. The number of hydrogen-bond acceptors (Lipinski definition) is 7. The molecular formula is C24H32FN5O2. The lowest BCUT2D eigenvalue weighted by Gasteiger charge is -2.34. The zero-order chi connectivity index (χ0) is 22.3. The van der Waals surface area contributed by atoms with Gasteiger partial charge in [-0.15, -0.1) is 0 Å². The van der Waals surface area contributed by atoms with E-state index in [4.69, 9.17) is 4.74 Å². The molecule has 8 heteroatoms. The van der Waals surface area contributed by atoms with Crippen LogP contribution >= 0.6 is 0 Å². The van der Waals surface area contributed by atoms with Gasteiger partial charge in [0.05, 0.1) is 13.2 Å². The summed E-state index contributed by atoms with van der Waals surface area (Å²) in [6.07, 6.45) is 6.83. The highest BCUT2D eigenvalue weighted by Gasteiger charge is 2.22. The highest BCUT2D eigenvalue weighted by molar-refractivity contribution is 5.97. The van der Waals surface area contributed by atoms with Crippen LogP contribution in [0.1, 0.15) is 36.5 Å². The molecule has 0 amide bonds. The average molecular weight is 442 g/mol. The largest absolute Gasteiger partial charge is 0.490 e. The fourth-order valence-electron chi connectivity index (χ4n) is 4.42. The fraction of sp³-hybridized carbons (Fsp3) is 0.542. The summed E-state index contributed by atoms with van der Waals surface area (Å²) in [4.78, 5) is 27.9. The number of likely N-dealkylation sites (tertiary alicyclic amines) is 1. The van der Waals surface area contributed by atoms with Gasteiger partial charge in [-0.05, 0) is 57.0 Å². The van der Waals surface area contributed by atoms with Crippen molar-refractivity contribution < 1.29 is 13.9 Å². The Morgan fingerprint density at radius 2 is 1.94 bits per heavy atom. The van der Waals surface area contributed by atoms with Crippen molar-refractivity contribution in [3.63, 3.8) is 0 Å². The van der Waals surface area contributed by atoms with Crippen molar-refractivity contribution in [2.45, 2.75) is 32.2 Å². The topological polar surface area (TPSA) is 61.8 Å². The Labute approximate surface area is 189 Å². The molecule has 0 spiro atoms. The van der Waals surface area contributed by atoms with Gasteiger partial charge in [0.25, 0.3) is 0 Å². The molecule has 4 rings (SSSR count). The number of ether oxygens (including phenoxy) is 1. The summed E-state index contributed by atoms with van der Waals surface area (Å²) >= 11 is 0. The number of hydrogen-bond donors (Lipinski definition) is 0. The van der Waals surface area contributed by atoms with Gasteiger partial charge in [0, 0.05) is 56.7 Å². The summed E-state index contributed by atoms with van der Waals surface area (Å²) in [6.45, 7) is 8.11. The molecule has 0 aliphatic carbocycles. The van der Waals surface area contributed by atoms with Gasteiger partial charge < -0.3 is 14.5 Å². The van der Waals surface area contributed by atoms with E-state index in [1.165, 1.54) is 18.9 Å². The molecule has 2 saturated heterocycles. The molecule has 172 valence electrons. The number of carbonyl (C=O) groups is 1. The van der Waals surface area contributed by atoms with Crippen LogP contribution in [0.2, 0.25) is 0 Å². The summed E-state index contributed by atoms with van der Waals surface area (Å²) in [6, 6.07) is 6.96. The molecule has 0 radical (unpaired) electrons. The third-order valence-corrected chi connectivity index (χ3v) is 6.37. The van der Waals surface area contributed by atoms with Gasteiger partial charge >= 0.3 is 0 Å². The van der Waals surface area contributed by atoms with Crippen molar-refractivity contribution in [2.24, 2.45) is 0 Å². The van der Waals surface area contributed by atoms with E-state index >= 15 is 0 Å². The van der Waals surface area contributed by atoms with Crippen LogP contribution in [0.3, 0.4) is 0 Å². The zero-order valence-corrected chi connectivity index (χ0v) is 18.8. The van der Waals surface area contributed by atoms with E-state index in [0.29, 0.717) is 24.2 Å². The van der Waals surface area contributed by atoms with Crippen LogP contribution in [0, 0.1) is 5.82 Å². The van der Waals surface area contributed by atoms with Gasteiger partial charge in [0.2, 0.25) is 5.95 Å². The molecule has 0 saturated carbocycles. The Morgan fingerprint density at radius 1 is 1.16 bits per heavy atom. The third-order valence-electron chi connectivity index (χ3n) is 6.37. The molecule has 0 unspecified atom stereocenters. The number of piperazine rings is 1. The maximum atomic E-state index is 14.5. The van der Waals surface area contributed by atoms with Gasteiger partial charge in [-0.2, -0.15) is 0 Å². The minimum atomic E-state index is -0.476. The third kappa shape index (κ3) is 5.81. The summed E-state index contributed by atoms with van der Waals surface area (Å²) in [5.74, 6) is 0.373. The first-order chi connectivity index (χ1) is 15.6. The molecule has 0 N–H and O–H groups in total. The van der Waals surface area contributed by atoms with Crippen LogP contribution in [-0.2, 0) is 0 Å². The summed E-state index contributed by atoms with van der Waals surface area (Å²) in [5, 5.41) is 0. The van der Waals surface area contributed by atoms with Crippen molar-refractivity contribution >= 4 is 11.7 Å². The number of aromatic nitrogens is 2. The second-order valence-corrected chi connectivity index (χ2v) is 8.61. The van der Waals surface area contributed by atoms with Crippen molar-refractivity contribution in [1.82, 2.24) is 19.8 Å². The lowest BCUT2D eigenvalue weighted by atomic mass is 10.1. The number of Topliss-reactive ketones (excluding diaryl/α,β-unsaturated/α-hetero) is 1. The molecule has 1 atom stereocenters. The van der Waals surface area contributed by atoms with Crippen LogP contribution < -0.4 is 9.64 Å². The van der Waals surface area contributed by atoms with Gasteiger partial charge in [-0.1, -0.05) is 0 Å². The molecule has 2 aliphatic rings. The Kier molecular flexibility index (Phi) is 7.65. The highest BCUT2D eigenvalue weighted by atomic mass is 19.1. The first-order valence-electron chi connectivity index (χ1n) is 11.5. The highest BCUT2D eigenvalue weighted by Crippen LogP contribution is 2.20. The first kappa shape index (κ1) is 22.6. The van der Waals surface area contributed by atoms with Crippen LogP contribution in [-0.4, -0.2) is 84.0 Å². The normalized spacial score (nSPS) is 19.9. The Bertz CT molecular complexity index is 889. The first-order valence-corrected chi connectivity index (χ1v) is 11.5. The molecule has 32 heavy (non-hydrogen) atoms. The van der Waals surface area contributed by atoms with Crippen molar-refractivity contribution in [3.8, 4) is 5.75 Å². The minimum Gasteiger partial charge on any atom is -0.490 e. The molecule has 0 bridgehead atoms. The molecule has 7 nitrogen and oxygen atoms in total. The maximum Gasteiger partial charge on any atom is 0.225 e. The van der Waals surface area contributed by atoms with Crippen molar-refractivity contribution in [3.05, 3.63) is 48.0 Å². The standard InChI is InChI=1S/C24H32FN5O2/c1-19-5-2-10-29(19)11-4-16-32-23-7-6-20(17-21(23)25)22(31)18-28-12-14-30(15-13-28)24-26-8-3-9-27-24/h3,6-9,17,19H,2,4-5,10-16,18H2,1H3/t19-/m1/s1. The van der Waals surface area contributed by atoms with Crippen LogP contribution in [0.15, 0.2) is 36.7 Å². The molecule has 1 aromatic heterocycles. The molecule has 3 heterocycles. The quantitative estimate of drug-likeness (QED) is 0.438. The lowest BCUT2D eigenvalue weighted by Crippen LogP contribution is -2.48. The number of benzene rings is 1. The summed E-state index contributed by atoms with van der Waals surface area (Å²) in [5.41, 5.74) is 0.384. The number of carbonyl (C=O) groups excluding carboxylic acids is 1. The number of anilines is 1. The molecule has 2 aliphatic heterocycles. The Balaban J connectivity index is 1.21. The predicted octanol–water partition coefficient (Wildman–Crippen LogP) is 2.87. The van der Waals surface area contributed by atoms with Gasteiger partial charge in [0.15, 0.2) is 17.3 Å². The van der Waals surface area contributed by atoms with Gasteiger partial charge in [-0.25, -0.2) is 14.4 Å². The van der Waals surface area contributed by atoms with Crippen LogP contribution in [0.25, 0.3) is 0 Å². The number of halogens is 1.